The van der Waals surface area contributed by atoms with Gasteiger partial charge >= 0.3 is 0 Å². The summed E-state index contributed by atoms with van der Waals surface area (Å²) in [4.78, 5) is 86.6. The molecule has 9 rings (SSSR count). The lowest BCUT2D eigenvalue weighted by Crippen LogP contribution is -2.57. The predicted molar refractivity (Wildman–Crippen MR) is 258 cm³/mol. The second kappa shape index (κ2) is 20.3. The Morgan fingerprint density at radius 2 is 1.72 bits per heavy atom. The highest BCUT2D eigenvalue weighted by molar-refractivity contribution is 7.99. The molecule has 4 saturated heterocycles. The van der Waals surface area contributed by atoms with E-state index in [1.165, 1.54) is 16.7 Å². The minimum absolute atomic E-state index is 0.00920. The smallest absolute Gasteiger partial charge is 0.270 e. The third kappa shape index (κ3) is 10.8. The Bertz CT molecular complexity index is 2550. The van der Waals surface area contributed by atoms with Crippen LogP contribution < -0.4 is 31.5 Å². The zero-order valence-corrected chi connectivity index (χ0v) is 39.5. The number of anilines is 3. The normalized spacial score (nSPS) is 19.8. The fourth-order valence-electron chi connectivity index (χ4n) is 10.3. The molecule has 2 aromatic carbocycles. The summed E-state index contributed by atoms with van der Waals surface area (Å²) in [6, 6.07) is 14.6. The van der Waals surface area contributed by atoms with Gasteiger partial charge in [0.05, 0.1) is 30.9 Å². The zero-order chi connectivity index (χ0) is 47.4. The molecule has 4 aromatic rings. The first kappa shape index (κ1) is 47.1. The number of rotatable bonds is 17. The summed E-state index contributed by atoms with van der Waals surface area (Å²) in [5.41, 5.74) is 11.1. The number of nitrogens with zero attached hydrogens (tertiary/aromatic N) is 7. The van der Waals surface area contributed by atoms with Crippen LogP contribution in [-0.2, 0) is 27.5 Å². The lowest BCUT2D eigenvalue weighted by Gasteiger charge is -2.48. The van der Waals surface area contributed by atoms with E-state index in [1.807, 2.05) is 43.3 Å². The van der Waals surface area contributed by atoms with Crippen molar-refractivity contribution in [3.63, 3.8) is 0 Å². The van der Waals surface area contributed by atoms with Crippen LogP contribution in [0.25, 0.3) is 0 Å². The number of aryl methyl sites for hydroxylation is 1. The van der Waals surface area contributed by atoms with Gasteiger partial charge in [0.1, 0.15) is 22.6 Å². The number of amides is 5. The number of nitrogens with one attached hydrogen (secondary N) is 3. The van der Waals surface area contributed by atoms with Crippen molar-refractivity contribution in [1.82, 2.24) is 35.4 Å². The Balaban J connectivity index is 0.644. The van der Waals surface area contributed by atoms with Gasteiger partial charge in [-0.3, -0.25) is 29.3 Å². The van der Waals surface area contributed by atoms with Crippen molar-refractivity contribution in [1.29, 1.82) is 0 Å². The molecular weight excluding hydrogens is 883 g/mol. The number of hydrogen-bond acceptors (Lipinski definition) is 14. The van der Waals surface area contributed by atoms with Gasteiger partial charge in [0.2, 0.25) is 17.7 Å². The molecule has 358 valence electrons. The van der Waals surface area contributed by atoms with E-state index in [0.29, 0.717) is 36.9 Å². The first-order chi connectivity index (χ1) is 32.8. The molecule has 5 amide bonds. The number of pyridine rings is 1. The van der Waals surface area contributed by atoms with Gasteiger partial charge in [0.25, 0.3) is 11.8 Å². The molecule has 5 aliphatic rings. The molecule has 1 unspecified atom stereocenters. The quantitative estimate of drug-likeness (QED) is 0.0732. The number of likely N-dealkylation sites (tertiary alicyclic amines) is 1. The van der Waals surface area contributed by atoms with Gasteiger partial charge in [0, 0.05) is 92.3 Å². The Morgan fingerprint density at radius 1 is 0.912 bits per heavy atom. The van der Waals surface area contributed by atoms with Gasteiger partial charge in [-0.1, -0.05) is 42.8 Å². The molecule has 17 nitrogen and oxygen atoms in total. The summed E-state index contributed by atoms with van der Waals surface area (Å²) >= 11 is 1.50. The topological polar surface area (TPSA) is 219 Å². The number of nitrogens with two attached hydrogens (primary N) is 1. The van der Waals surface area contributed by atoms with Gasteiger partial charge < -0.3 is 41.1 Å². The molecule has 0 aliphatic carbocycles. The summed E-state index contributed by atoms with van der Waals surface area (Å²) < 4.78 is 0. The van der Waals surface area contributed by atoms with E-state index >= 15 is 0 Å². The maximum absolute atomic E-state index is 13.3. The number of aromatic nitrogens is 3. The molecule has 1 atom stereocenters. The van der Waals surface area contributed by atoms with Crippen LogP contribution >= 0.6 is 11.8 Å². The van der Waals surface area contributed by atoms with Gasteiger partial charge in [0.15, 0.2) is 0 Å². The third-order valence-corrected chi connectivity index (χ3v) is 15.1. The maximum Gasteiger partial charge on any atom is 0.270 e. The molecule has 2 aromatic heterocycles. The first-order valence-corrected chi connectivity index (χ1v) is 24.7. The minimum atomic E-state index is -0.671. The number of aliphatic hydroxyl groups is 1. The Kier molecular flexibility index (Phi) is 14.1. The Labute approximate surface area is 401 Å². The van der Waals surface area contributed by atoms with Crippen molar-refractivity contribution < 1.29 is 29.1 Å². The number of piperidine rings is 2. The molecule has 18 heteroatoms. The number of hydrogen-bond donors (Lipinski definition) is 5. The van der Waals surface area contributed by atoms with E-state index in [9.17, 15) is 29.1 Å². The monoisotopic (exact) mass is 943 g/mol. The minimum Gasteiger partial charge on any atom is -0.394 e. The van der Waals surface area contributed by atoms with Gasteiger partial charge in [-0.15, -0.1) is 0 Å². The van der Waals surface area contributed by atoms with Crippen LogP contribution in [0.1, 0.15) is 102 Å². The van der Waals surface area contributed by atoms with E-state index in [1.54, 1.807) is 24.7 Å². The largest absolute Gasteiger partial charge is 0.394 e. The van der Waals surface area contributed by atoms with Gasteiger partial charge in [-0.2, -0.15) is 0 Å². The highest BCUT2D eigenvalue weighted by Gasteiger charge is 2.47. The maximum atomic E-state index is 13.3. The van der Waals surface area contributed by atoms with E-state index < -0.39 is 17.5 Å². The van der Waals surface area contributed by atoms with Crippen LogP contribution in [0, 0.1) is 12.3 Å². The number of aliphatic hydroxyl groups excluding tert-OH is 1. The average Bonchev–Trinajstić information content (AvgIpc) is 3.91. The van der Waals surface area contributed by atoms with E-state index in [-0.39, 0.29) is 55.2 Å². The molecule has 1 spiro atoms. The lowest BCUT2D eigenvalue weighted by molar-refractivity contribution is -0.137. The fourth-order valence-corrected chi connectivity index (χ4v) is 11.1. The molecule has 0 radical (unpaired) electrons. The molecule has 0 saturated carbocycles. The highest BCUT2D eigenvalue weighted by atomic mass is 32.2. The van der Waals surface area contributed by atoms with Crippen molar-refractivity contribution in [2.24, 2.45) is 11.1 Å². The van der Waals surface area contributed by atoms with Gasteiger partial charge in [-0.05, 0) is 99.0 Å². The van der Waals surface area contributed by atoms with Crippen molar-refractivity contribution in [3.05, 3.63) is 95.1 Å². The molecule has 0 bridgehead atoms. The van der Waals surface area contributed by atoms with E-state index in [2.05, 4.69) is 51.7 Å². The molecule has 68 heavy (non-hydrogen) atoms. The number of carbonyl (C=O) groups is 5. The Morgan fingerprint density at radius 3 is 2.49 bits per heavy atom. The summed E-state index contributed by atoms with van der Waals surface area (Å²) in [5, 5.41) is 18.7. The molecular formula is C50H61N11O6S. The second-order valence-electron chi connectivity index (χ2n) is 19.4. The van der Waals surface area contributed by atoms with E-state index in [0.717, 1.165) is 122 Å². The first-order valence-electron chi connectivity index (χ1n) is 23.9. The van der Waals surface area contributed by atoms with Gasteiger partial charge in [-0.25, -0.2) is 15.0 Å². The van der Waals surface area contributed by atoms with Crippen LogP contribution in [0.3, 0.4) is 0 Å². The summed E-state index contributed by atoms with van der Waals surface area (Å²) in [5.74, 6) is -0.424. The SMILES string of the molecule is Cc1cc(N2CCC3(CN(CCCCCCC(=O)Nc4cccc(Sc5cnc(N6CCC(N)(CO)CC6)cn5)c4)C3)C2)cnc1C(=O)NCc1ccc2c(c1)CN(C1CCC(=O)NC1=O)C2=O. The Hall–Kier alpha value is -5.95. The van der Waals surface area contributed by atoms with Crippen molar-refractivity contribution in [2.45, 2.75) is 106 Å². The van der Waals surface area contributed by atoms with Crippen LogP contribution in [0.5, 0.6) is 0 Å². The van der Waals surface area contributed by atoms with Crippen molar-refractivity contribution >= 4 is 58.5 Å². The predicted octanol–water partition coefficient (Wildman–Crippen LogP) is 4.41. The van der Waals surface area contributed by atoms with Crippen molar-refractivity contribution in [2.75, 3.05) is 67.5 Å². The number of unbranched alkanes of at least 4 members (excludes halogenated alkanes) is 3. The van der Waals surface area contributed by atoms with Crippen LogP contribution in [0.2, 0.25) is 0 Å². The van der Waals surface area contributed by atoms with Crippen LogP contribution in [-0.4, -0.2) is 123 Å². The number of fused-ring (bicyclic) bond motifs is 1. The number of benzene rings is 2. The van der Waals surface area contributed by atoms with Crippen LogP contribution in [0.15, 0.2) is 77.0 Å². The fraction of sp³-hybridized carbons (Fsp3) is 0.480. The molecule has 5 aliphatic heterocycles. The lowest BCUT2D eigenvalue weighted by atomic mass is 9.79. The second-order valence-corrected chi connectivity index (χ2v) is 20.5. The van der Waals surface area contributed by atoms with Crippen LogP contribution in [0.4, 0.5) is 17.2 Å². The zero-order valence-electron chi connectivity index (χ0n) is 38.7. The average molecular weight is 944 g/mol. The molecule has 4 fully saturated rings. The number of imide groups is 1. The van der Waals surface area contributed by atoms with E-state index in [4.69, 9.17) is 5.73 Å². The molecule has 7 heterocycles. The number of carbonyl (C=O) groups excluding carboxylic acids is 5. The molecule has 6 N–H and O–H groups in total. The summed E-state index contributed by atoms with van der Waals surface area (Å²) in [6.07, 6.45) is 13.0. The highest BCUT2D eigenvalue weighted by Crippen LogP contribution is 2.41. The third-order valence-electron chi connectivity index (χ3n) is 14.2. The standard InChI is InChI=1S/C50H61N11O6S/c1-33-21-37(25-54-45(33)47(66)55-24-34-10-11-39-35(22-34)28-61(48(39)67)40-12-13-43(64)57-46(40)65)60-18-14-49(31-60)29-58(30-49)17-5-3-2-4-9-42(63)56-36-7-6-8-38(23-36)68-44-27-52-41(26-53-44)59-19-15-50(51,32-62)16-20-59/h6-8,10-11,21-23,25-27,40,62H,2-5,9,12-20,24,28-32,51H2,1H3,(H,55,66)(H,56,63)(H,57,64,65). The summed E-state index contributed by atoms with van der Waals surface area (Å²) in [7, 11) is 0. The van der Waals surface area contributed by atoms with Crippen molar-refractivity contribution in [3.8, 4) is 0 Å². The summed E-state index contributed by atoms with van der Waals surface area (Å²) in [6.45, 7) is 9.08.